The second-order valence-corrected chi connectivity index (χ2v) is 8.44. The van der Waals surface area contributed by atoms with Crippen LogP contribution >= 0.6 is 0 Å². The molecular formula is C20H19N3O4S. The second kappa shape index (κ2) is 6.81. The van der Waals surface area contributed by atoms with Crippen LogP contribution in [0.25, 0.3) is 0 Å². The van der Waals surface area contributed by atoms with E-state index in [1.165, 1.54) is 6.26 Å². The second-order valence-electron chi connectivity index (χ2n) is 6.43. The van der Waals surface area contributed by atoms with Gasteiger partial charge in [0.25, 0.3) is 0 Å². The molecule has 2 N–H and O–H groups in total. The maximum absolute atomic E-state index is 11.8. The molecule has 1 atom stereocenters. The van der Waals surface area contributed by atoms with E-state index in [0.717, 1.165) is 22.6 Å². The molecule has 1 aromatic heterocycles. The Balaban J connectivity index is 1.82. The van der Waals surface area contributed by atoms with E-state index in [2.05, 4.69) is 4.99 Å². The van der Waals surface area contributed by atoms with E-state index < -0.39 is 16.0 Å². The van der Waals surface area contributed by atoms with Crippen LogP contribution < -0.4 is 15.4 Å². The van der Waals surface area contributed by atoms with Crippen molar-refractivity contribution in [3.05, 3.63) is 72.0 Å². The Bertz CT molecular complexity index is 1130. The third kappa shape index (κ3) is 3.17. The summed E-state index contributed by atoms with van der Waals surface area (Å²) in [7, 11) is -1.68. The summed E-state index contributed by atoms with van der Waals surface area (Å²) in [6.07, 6.45) is 2.19. The first-order valence-corrected chi connectivity index (χ1v) is 10.4. The first kappa shape index (κ1) is 18.3. The van der Waals surface area contributed by atoms with Gasteiger partial charge in [0.15, 0.2) is 9.84 Å². The number of furan rings is 1. The van der Waals surface area contributed by atoms with Gasteiger partial charge in [-0.2, -0.15) is 4.99 Å². The Labute approximate surface area is 163 Å². The minimum atomic E-state index is -3.29. The smallest absolute Gasteiger partial charge is 0.227 e. The highest BCUT2D eigenvalue weighted by Crippen LogP contribution is 2.37. The number of amidine groups is 1. The summed E-state index contributed by atoms with van der Waals surface area (Å²) < 4.78 is 34.2. The van der Waals surface area contributed by atoms with Gasteiger partial charge in [-0.3, -0.25) is 0 Å². The summed E-state index contributed by atoms with van der Waals surface area (Å²) in [5.41, 5.74) is 8.82. The van der Waals surface area contributed by atoms with Crippen LogP contribution in [0.1, 0.15) is 17.3 Å². The van der Waals surface area contributed by atoms with Gasteiger partial charge in [-0.25, -0.2) is 8.42 Å². The molecule has 1 aliphatic rings. The highest BCUT2D eigenvalue weighted by atomic mass is 32.2. The molecule has 2 heterocycles. The maximum Gasteiger partial charge on any atom is 0.227 e. The molecule has 28 heavy (non-hydrogen) atoms. The molecule has 7 nitrogen and oxygen atoms in total. The Hall–Kier alpha value is -3.10. The minimum absolute atomic E-state index is 0.244. The predicted octanol–water partition coefficient (Wildman–Crippen LogP) is 3.25. The van der Waals surface area contributed by atoms with Crippen molar-refractivity contribution in [2.75, 3.05) is 18.3 Å². The van der Waals surface area contributed by atoms with E-state index in [0.29, 0.717) is 11.7 Å². The van der Waals surface area contributed by atoms with Crippen LogP contribution in [0.5, 0.6) is 5.75 Å². The summed E-state index contributed by atoms with van der Waals surface area (Å²) >= 11 is 0. The maximum atomic E-state index is 11.8. The van der Waals surface area contributed by atoms with E-state index >= 15 is 0 Å². The van der Waals surface area contributed by atoms with Crippen molar-refractivity contribution in [3.63, 3.8) is 0 Å². The minimum Gasteiger partial charge on any atom is -0.497 e. The van der Waals surface area contributed by atoms with Gasteiger partial charge < -0.3 is 19.8 Å². The van der Waals surface area contributed by atoms with Crippen LogP contribution in [0.4, 0.5) is 11.6 Å². The van der Waals surface area contributed by atoms with Crippen LogP contribution in [0.2, 0.25) is 0 Å². The molecule has 0 saturated carbocycles. The molecule has 0 radical (unpaired) electrons. The SMILES string of the molecule is COc1ccc(C2=Nc3occc3C(N)N2c2ccc(S(C)(=O)=O)cc2)cc1. The van der Waals surface area contributed by atoms with Crippen LogP contribution in [0, 0.1) is 0 Å². The van der Waals surface area contributed by atoms with Crippen LogP contribution in [-0.4, -0.2) is 27.6 Å². The number of ether oxygens (including phenoxy) is 1. The fourth-order valence-corrected chi connectivity index (χ4v) is 3.76. The third-order valence-electron chi connectivity index (χ3n) is 4.60. The zero-order valence-corrected chi connectivity index (χ0v) is 16.2. The lowest BCUT2D eigenvalue weighted by molar-refractivity contribution is 0.415. The topological polar surface area (TPSA) is 98.1 Å². The molecule has 4 rings (SSSR count). The molecule has 3 aromatic rings. The van der Waals surface area contributed by atoms with Crippen molar-refractivity contribution in [3.8, 4) is 5.75 Å². The van der Waals surface area contributed by atoms with Gasteiger partial charge >= 0.3 is 0 Å². The molecule has 1 aliphatic heterocycles. The number of anilines is 1. The van der Waals surface area contributed by atoms with Gasteiger partial charge in [-0.05, 0) is 54.6 Å². The highest BCUT2D eigenvalue weighted by molar-refractivity contribution is 7.90. The molecular weight excluding hydrogens is 378 g/mol. The van der Waals surface area contributed by atoms with Crippen molar-refractivity contribution in [2.24, 2.45) is 10.7 Å². The number of rotatable bonds is 4. The van der Waals surface area contributed by atoms with Crippen LogP contribution in [0.3, 0.4) is 0 Å². The standard InChI is InChI=1S/C20H19N3O4S/c1-26-15-7-3-13(4-8-15)19-22-20-17(11-12-27-20)18(21)23(19)14-5-9-16(10-6-14)28(2,24)25/h3-12,18H,21H2,1-2H3. The van der Waals surface area contributed by atoms with E-state index in [9.17, 15) is 8.42 Å². The number of sulfone groups is 1. The van der Waals surface area contributed by atoms with Crippen molar-refractivity contribution in [2.45, 2.75) is 11.1 Å². The quantitative estimate of drug-likeness (QED) is 0.726. The van der Waals surface area contributed by atoms with Gasteiger partial charge in [0.2, 0.25) is 5.88 Å². The van der Waals surface area contributed by atoms with E-state index in [4.69, 9.17) is 14.9 Å². The lowest BCUT2D eigenvalue weighted by Crippen LogP contribution is -2.41. The largest absolute Gasteiger partial charge is 0.497 e. The molecule has 0 amide bonds. The normalized spacial score (nSPS) is 16.5. The zero-order valence-electron chi connectivity index (χ0n) is 15.4. The average Bonchev–Trinajstić information content (AvgIpc) is 3.16. The average molecular weight is 397 g/mol. The van der Waals surface area contributed by atoms with Crippen molar-refractivity contribution in [1.29, 1.82) is 0 Å². The van der Waals surface area contributed by atoms with E-state index in [1.54, 1.807) is 43.7 Å². The molecule has 0 bridgehead atoms. The van der Waals surface area contributed by atoms with E-state index in [1.807, 2.05) is 29.2 Å². The van der Waals surface area contributed by atoms with Crippen LogP contribution in [0.15, 0.2) is 75.2 Å². The number of hydrogen-bond acceptors (Lipinski definition) is 7. The molecule has 2 aromatic carbocycles. The Morgan fingerprint density at radius 1 is 1.07 bits per heavy atom. The Morgan fingerprint density at radius 3 is 2.36 bits per heavy atom. The fraction of sp³-hybridized carbons (Fsp3) is 0.150. The van der Waals surface area contributed by atoms with Crippen molar-refractivity contribution in [1.82, 2.24) is 0 Å². The summed E-state index contributed by atoms with van der Waals surface area (Å²) in [6.45, 7) is 0. The summed E-state index contributed by atoms with van der Waals surface area (Å²) in [5, 5.41) is 0. The molecule has 0 fully saturated rings. The number of nitrogens with two attached hydrogens (primary N) is 1. The zero-order chi connectivity index (χ0) is 19.9. The van der Waals surface area contributed by atoms with Gasteiger partial charge in [-0.15, -0.1) is 0 Å². The molecule has 144 valence electrons. The number of nitrogens with zero attached hydrogens (tertiary/aromatic N) is 2. The highest BCUT2D eigenvalue weighted by Gasteiger charge is 2.31. The molecule has 0 saturated heterocycles. The fourth-order valence-electron chi connectivity index (χ4n) is 3.13. The molecule has 0 aliphatic carbocycles. The molecule has 1 unspecified atom stereocenters. The van der Waals surface area contributed by atoms with Crippen molar-refractivity contribution < 1.29 is 17.6 Å². The number of aliphatic imine (C=N–C) groups is 1. The van der Waals surface area contributed by atoms with E-state index in [-0.39, 0.29) is 4.90 Å². The Kier molecular flexibility index (Phi) is 4.44. The van der Waals surface area contributed by atoms with Crippen molar-refractivity contribution >= 4 is 27.2 Å². The monoisotopic (exact) mass is 397 g/mol. The summed E-state index contributed by atoms with van der Waals surface area (Å²) in [5.74, 6) is 1.79. The van der Waals surface area contributed by atoms with Gasteiger partial charge in [0, 0.05) is 17.5 Å². The number of fused-ring (bicyclic) bond motifs is 1. The lowest BCUT2D eigenvalue weighted by atomic mass is 10.1. The first-order chi connectivity index (χ1) is 13.4. The van der Waals surface area contributed by atoms with Gasteiger partial charge in [-0.1, -0.05) is 0 Å². The van der Waals surface area contributed by atoms with Gasteiger partial charge in [0.1, 0.15) is 17.8 Å². The summed E-state index contributed by atoms with van der Waals surface area (Å²) in [6, 6.07) is 15.8. The molecule has 8 heteroatoms. The lowest BCUT2D eigenvalue weighted by Gasteiger charge is -2.34. The number of methoxy groups -OCH3 is 1. The number of benzene rings is 2. The Morgan fingerprint density at radius 2 is 1.75 bits per heavy atom. The third-order valence-corrected chi connectivity index (χ3v) is 5.73. The number of hydrogen-bond donors (Lipinski definition) is 1. The summed E-state index contributed by atoms with van der Waals surface area (Å²) in [4.78, 5) is 6.74. The molecule has 0 spiro atoms. The van der Waals surface area contributed by atoms with Crippen LogP contribution in [-0.2, 0) is 9.84 Å². The predicted molar refractivity (Wildman–Crippen MR) is 107 cm³/mol. The van der Waals surface area contributed by atoms with Gasteiger partial charge in [0.05, 0.1) is 23.8 Å². The first-order valence-electron chi connectivity index (χ1n) is 8.54.